The summed E-state index contributed by atoms with van der Waals surface area (Å²) in [6.45, 7) is 4.63. The molecule has 0 bridgehead atoms. The van der Waals surface area contributed by atoms with Crippen molar-refractivity contribution < 1.29 is 14.3 Å². The fraction of sp³-hybridized carbons (Fsp3) is 0.429. The highest BCUT2D eigenvalue weighted by atomic mass is 16.5. The fourth-order valence-corrected chi connectivity index (χ4v) is 1.83. The molecular weight excluding hydrogens is 244 g/mol. The highest BCUT2D eigenvalue weighted by molar-refractivity contribution is 5.94. The van der Waals surface area contributed by atoms with Gasteiger partial charge in [0.15, 0.2) is 5.78 Å². The molecule has 1 amide bonds. The quantitative estimate of drug-likeness (QED) is 0.751. The van der Waals surface area contributed by atoms with E-state index in [1.54, 1.807) is 30.1 Å². The average molecular weight is 264 g/mol. The van der Waals surface area contributed by atoms with Crippen LogP contribution in [0.25, 0.3) is 0 Å². The Labute approximate surface area is 113 Å². The van der Waals surface area contributed by atoms with Crippen LogP contribution in [0.5, 0.6) is 5.75 Å². The number of hydrogen-bond acceptors (Lipinski definition) is 4. The summed E-state index contributed by atoms with van der Waals surface area (Å²) in [5, 5.41) is 0. The molecule has 0 heterocycles. The first-order valence-corrected chi connectivity index (χ1v) is 6.17. The zero-order chi connectivity index (χ0) is 14.4. The van der Waals surface area contributed by atoms with Gasteiger partial charge >= 0.3 is 0 Å². The van der Waals surface area contributed by atoms with Crippen LogP contribution in [0.2, 0.25) is 0 Å². The lowest BCUT2D eigenvalue weighted by atomic mass is 10.1. The molecule has 0 unspecified atom stereocenters. The Bertz CT molecular complexity index is 472. The standard InChI is InChI=1S/C14H20N2O3/c1-4-19-13-6-5-11(10(2)17)7-12(13)8-16(3)9-14(15)18/h5-7H,4,8-9H2,1-3H3,(H2,15,18). The molecule has 0 aromatic heterocycles. The monoisotopic (exact) mass is 264 g/mol. The normalized spacial score (nSPS) is 10.5. The maximum Gasteiger partial charge on any atom is 0.231 e. The molecule has 104 valence electrons. The van der Waals surface area contributed by atoms with Crippen molar-refractivity contribution in [1.82, 2.24) is 4.90 Å². The smallest absolute Gasteiger partial charge is 0.231 e. The van der Waals surface area contributed by atoms with Crippen molar-refractivity contribution in [2.45, 2.75) is 20.4 Å². The van der Waals surface area contributed by atoms with Crippen molar-refractivity contribution in [2.24, 2.45) is 5.73 Å². The van der Waals surface area contributed by atoms with E-state index in [-0.39, 0.29) is 18.2 Å². The van der Waals surface area contributed by atoms with Crippen LogP contribution in [0.15, 0.2) is 18.2 Å². The summed E-state index contributed by atoms with van der Waals surface area (Å²) < 4.78 is 5.52. The molecule has 1 aromatic rings. The highest BCUT2D eigenvalue weighted by Crippen LogP contribution is 2.22. The largest absolute Gasteiger partial charge is 0.494 e. The van der Waals surface area contributed by atoms with Crippen molar-refractivity contribution in [3.63, 3.8) is 0 Å². The number of amides is 1. The second kappa shape index (κ2) is 6.89. The van der Waals surface area contributed by atoms with Crippen molar-refractivity contribution >= 4 is 11.7 Å². The van der Waals surface area contributed by atoms with Gasteiger partial charge in [-0.3, -0.25) is 14.5 Å². The van der Waals surface area contributed by atoms with Gasteiger partial charge in [0.25, 0.3) is 0 Å². The lowest BCUT2D eigenvalue weighted by Crippen LogP contribution is -2.30. The van der Waals surface area contributed by atoms with E-state index in [0.717, 1.165) is 11.3 Å². The zero-order valence-electron chi connectivity index (χ0n) is 11.6. The Morgan fingerprint density at radius 2 is 2.05 bits per heavy atom. The third-order valence-electron chi connectivity index (χ3n) is 2.63. The maximum absolute atomic E-state index is 11.4. The molecule has 0 aliphatic carbocycles. The number of nitrogens with two attached hydrogens (primary N) is 1. The van der Waals surface area contributed by atoms with Crippen molar-refractivity contribution in [3.05, 3.63) is 29.3 Å². The van der Waals surface area contributed by atoms with Crippen molar-refractivity contribution in [1.29, 1.82) is 0 Å². The second-order valence-corrected chi connectivity index (χ2v) is 4.45. The number of carbonyl (C=O) groups is 2. The summed E-state index contributed by atoms with van der Waals surface area (Å²) in [5.74, 6) is 0.342. The van der Waals surface area contributed by atoms with E-state index in [1.165, 1.54) is 6.92 Å². The van der Waals surface area contributed by atoms with Gasteiger partial charge in [-0.1, -0.05) is 0 Å². The molecule has 19 heavy (non-hydrogen) atoms. The van der Waals surface area contributed by atoms with Gasteiger partial charge in [-0.05, 0) is 39.1 Å². The topological polar surface area (TPSA) is 72.6 Å². The van der Waals surface area contributed by atoms with E-state index in [2.05, 4.69) is 0 Å². The van der Waals surface area contributed by atoms with E-state index in [1.807, 2.05) is 6.92 Å². The van der Waals surface area contributed by atoms with Gasteiger partial charge in [-0.2, -0.15) is 0 Å². The molecule has 0 radical (unpaired) electrons. The first kappa shape index (κ1) is 15.2. The van der Waals surface area contributed by atoms with Gasteiger partial charge in [-0.25, -0.2) is 0 Å². The van der Waals surface area contributed by atoms with Crippen LogP contribution in [0.3, 0.4) is 0 Å². The summed E-state index contributed by atoms with van der Waals surface area (Å²) in [6.07, 6.45) is 0. The third-order valence-corrected chi connectivity index (χ3v) is 2.63. The number of rotatable bonds is 7. The number of ketones is 1. The molecule has 1 rings (SSSR count). The molecule has 0 aliphatic rings. The van der Waals surface area contributed by atoms with Crippen LogP contribution in [-0.4, -0.2) is 36.8 Å². The number of Topliss-reactive ketones (excluding diaryl/α,β-unsaturated/α-hetero) is 1. The Morgan fingerprint density at radius 3 is 2.58 bits per heavy atom. The molecular formula is C14H20N2O3. The van der Waals surface area contributed by atoms with E-state index in [4.69, 9.17) is 10.5 Å². The predicted octanol–water partition coefficient (Wildman–Crippen LogP) is 1.20. The fourth-order valence-electron chi connectivity index (χ4n) is 1.83. The predicted molar refractivity (Wildman–Crippen MR) is 73.1 cm³/mol. The van der Waals surface area contributed by atoms with Gasteiger partial charge in [0.2, 0.25) is 5.91 Å². The Hall–Kier alpha value is -1.88. The van der Waals surface area contributed by atoms with Crippen LogP contribution in [0.1, 0.15) is 29.8 Å². The summed E-state index contributed by atoms with van der Waals surface area (Å²) in [5.41, 5.74) is 6.66. The number of benzene rings is 1. The minimum Gasteiger partial charge on any atom is -0.494 e. The Morgan fingerprint density at radius 1 is 1.37 bits per heavy atom. The molecule has 0 spiro atoms. The van der Waals surface area contributed by atoms with Crippen LogP contribution in [0, 0.1) is 0 Å². The number of hydrogen-bond donors (Lipinski definition) is 1. The first-order valence-electron chi connectivity index (χ1n) is 6.17. The van der Waals surface area contributed by atoms with Gasteiger partial charge in [0.05, 0.1) is 13.2 Å². The molecule has 0 atom stereocenters. The summed E-state index contributed by atoms with van der Waals surface area (Å²) >= 11 is 0. The van der Waals surface area contributed by atoms with E-state index in [0.29, 0.717) is 18.7 Å². The summed E-state index contributed by atoms with van der Waals surface area (Å²) in [4.78, 5) is 24.1. The lowest BCUT2D eigenvalue weighted by molar-refractivity contribution is -0.118. The highest BCUT2D eigenvalue weighted by Gasteiger charge is 2.11. The number of carbonyl (C=O) groups excluding carboxylic acids is 2. The Kier molecular flexibility index (Phi) is 5.51. The molecule has 0 saturated heterocycles. The molecule has 0 saturated carbocycles. The van der Waals surface area contributed by atoms with Gasteiger partial charge in [0, 0.05) is 17.7 Å². The first-order chi connectivity index (χ1) is 8.93. The summed E-state index contributed by atoms with van der Waals surface area (Å²) in [7, 11) is 1.79. The van der Waals surface area contributed by atoms with E-state index in [9.17, 15) is 9.59 Å². The van der Waals surface area contributed by atoms with Crippen LogP contribution >= 0.6 is 0 Å². The minimum absolute atomic E-state index is 0.00172. The maximum atomic E-state index is 11.4. The molecule has 2 N–H and O–H groups in total. The summed E-state index contributed by atoms with van der Waals surface area (Å²) in [6, 6.07) is 5.32. The van der Waals surface area contributed by atoms with Crippen molar-refractivity contribution in [2.75, 3.05) is 20.2 Å². The third kappa shape index (κ3) is 4.71. The molecule has 0 fully saturated rings. The van der Waals surface area contributed by atoms with Crippen molar-refractivity contribution in [3.8, 4) is 5.75 Å². The van der Waals surface area contributed by atoms with Gasteiger partial charge in [-0.15, -0.1) is 0 Å². The van der Waals surface area contributed by atoms with Crippen LogP contribution in [-0.2, 0) is 11.3 Å². The zero-order valence-corrected chi connectivity index (χ0v) is 11.6. The van der Waals surface area contributed by atoms with Crippen LogP contribution < -0.4 is 10.5 Å². The molecule has 1 aromatic carbocycles. The number of likely N-dealkylation sites (N-methyl/N-ethyl adjacent to an activating group) is 1. The SMILES string of the molecule is CCOc1ccc(C(C)=O)cc1CN(C)CC(N)=O. The minimum atomic E-state index is -0.386. The van der Waals surface area contributed by atoms with Gasteiger partial charge < -0.3 is 10.5 Å². The number of ether oxygens (including phenoxy) is 1. The average Bonchev–Trinajstić information content (AvgIpc) is 2.30. The van der Waals surface area contributed by atoms with Crippen LogP contribution in [0.4, 0.5) is 0 Å². The number of primary amides is 1. The van der Waals surface area contributed by atoms with Gasteiger partial charge in [0.1, 0.15) is 5.75 Å². The molecule has 5 nitrogen and oxygen atoms in total. The number of nitrogens with zero attached hydrogens (tertiary/aromatic N) is 1. The molecule has 0 aliphatic heterocycles. The Balaban J connectivity index is 2.96. The second-order valence-electron chi connectivity index (χ2n) is 4.45. The van der Waals surface area contributed by atoms with E-state index >= 15 is 0 Å². The lowest BCUT2D eigenvalue weighted by Gasteiger charge is -2.18. The molecule has 5 heteroatoms. The van der Waals surface area contributed by atoms with E-state index < -0.39 is 0 Å².